The van der Waals surface area contributed by atoms with Crippen LogP contribution < -0.4 is 5.32 Å². The predicted octanol–water partition coefficient (Wildman–Crippen LogP) is 5.46. The fourth-order valence-corrected chi connectivity index (χ4v) is 3.00. The largest absolute Gasteiger partial charge is 0.481 e. The van der Waals surface area contributed by atoms with Gasteiger partial charge in [-0.15, -0.1) is 0 Å². The van der Waals surface area contributed by atoms with Crippen molar-refractivity contribution >= 4 is 17.3 Å². The number of rotatable bonds is 8. The van der Waals surface area contributed by atoms with Crippen molar-refractivity contribution in [1.82, 2.24) is 9.97 Å². The summed E-state index contributed by atoms with van der Waals surface area (Å²) in [5, 5.41) is 11.7. The lowest BCUT2D eigenvalue weighted by molar-refractivity contribution is -0.215. The van der Waals surface area contributed by atoms with Crippen LogP contribution in [0, 0.1) is 0 Å². The lowest BCUT2D eigenvalue weighted by Gasteiger charge is -2.24. The summed E-state index contributed by atoms with van der Waals surface area (Å²) >= 11 is 0. The van der Waals surface area contributed by atoms with Crippen molar-refractivity contribution in [2.75, 3.05) is 12.4 Å². The van der Waals surface area contributed by atoms with Crippen molar-refractivity contribution in [2.45, 2.75) is 44.1 Å². The molecule has 1 aromatic carbocycles. The van der Waals surface area contributed by atoms with Gasteiger partial charge < -0.3 is 15.2 Å². The highest BCUT2D eigenvalue weighted by molar-refractivity contribution is 5.69. The van der Waals surface area contributed by atoms with Crippen LogP contribution in [0.3, 0.4) is 0 Å². The van der Waals surface area contributed by atoms with Crippen LogP contribution in [-0.4, -0.2) is 34.3 Å². The molecule has 0 radical (unpaired) electrons. The molecule has 2 aromatic rings. The number of aromatic nitrogens is 2. The molecular formula is C19H19F6N3O3. The molecule has 12 heteroatoms. The number of nitrogens with zero attached hydrogens (tertiary/aromatic N) is 2. The molecule has 6 nitrogen and oxygen atoms in total. The highest BCUT2D eigenvalue weighted by Gasteiger charge is 2.42. The second-order valence-corrected chi connectivity index (χ2v) is 6.63. The number of carboxylic acid groups (broad SMARTS) is 1. The van der Waals surface area contributed by atoms with Gasteiger partial charge in [-0.3, -0.25) is 4.79 Å². The number of hydrogen-bond donors (Lipinski definition) is 2. The minimum absolute atomic E-state index is 0.0882. The third-order valence-corrected chi connectivity index (χ3v) is 4.46. The van der Waals surface area contributed by atoms with Crippen LogP contribution >= 0.6 is 0 Å². The Morgan fingerprint density at radius 1 is 1.16 bits per heavy atom. The zero-order chi connectivity index (χ0) is 23.4. The van der Waals surface area contributed by atoms with Gasteiger partial charge in [-0.25, -0.2) is 9.97 Å². The maximum absolute atomic E-state index is 13.4. The number of carbonyl (C=O) groups is 1. The third kappa shape index (κ3) is 6.29. The predicted molar refractivity (Wildman–Crippen MR) is 97.8 cm³/mol. The lowest BCUT2D eigenvalue weighted by Crippen LogP contribution is -2.23. The van der Waals surface area contributed by atoms with Crippen LogP contribution in [0.25, 0.3) is 0 Å². The summed E-state index contributed by atoms with van der Waals surface area (Å²) in [6.07, 6.45) is -10.1. The van der Waals surface area contributed by atoms with Gasteiger partial charge in [0.1, 0.15) is 0 Å². The smallest absolute Gasteiger partial charge is 0.451 e. The van der Waals surface area contributed by atoms with E-state index in [1.54, 1.807) is 6.92 Å². The van der Waals surface area contributed by atoms with E-state index in [0.717, 1.165) is 25.6 Å². The highest BCUT2D eigenvalue weighted by atomic mass is 19.4. The Balaban J connectivity index is 2.51. The van der Waals surface area contributed by atoms with Gasteiger partial charge >= 0.3 is 18.3 Å². The first kappa shape index (κ1) is 24.4. The van der Waals surface area contributed by atoms with Gasteiger partial charge in [0.15, 0.2) is 6.10 Å². The molecule has 0 bridgehead atoms. The Hall–Kier alpha value is -2.89. The second kappa shape index (κ2) is 9.50. The Morgan fingerprint density at radius 3 is 2.23 bits per heavy atom. The number of anilines is 2. The van der Waals surface area contributed by atoms with E-state index in [1.165, 1.54) is 12.1 Å². The Labute approximate surface area is 173 Å². The van der Waals surface area contributed by atoms with Crippen molar-refractivity contribution in [2.24, 2.45) is 0 Å². The maximum atomic E-state index is 13.4. The lowest BCUT2D eigenvalue weighted by atomic mass is 9.91. The number of methoxy groups -OCH3 is 1. The number of halogens is 6. The van der Waals surface area contributed by atoms with Crippen LogP contribution in [-0.2, 0) is 15.7 Å². The van der Waals surface area contributed by atoms with E-state index >= 15 is 0 Å². The molecular weight excluding hydrogens is 432 g/mol. The highest BCUT2D eigenvalue weighted by Crippen LogP contribution is 2.41. The molecule has 0 saturated carbocycles. The standard InChI is InChI=1S/C19H19F6N3O3/c1-3-10(7-15(29)30)11-4-5-13(16(31-2)18(20,21)22)14(6-11)28-12-8-26-17(27-9-12)19(23,24)25/h4-6,8-10,16,28H,3,7H2,1-2H3,(H,29,30)/t10?,16-/m1/s1. The van der Waals surface area contributed by atoms with Crippen molar-refractivity contribution < 1.29 is 41.0 Å². The third-order valence-electron chi connectivity index (χ3n) is 4.46. The summed E-state index contributed by atoms with van der Waals surface area (Å²) < 4.78 is 82.8. The summed E-state index contributed by atoms with van der Waals surface area (Å²) in [6.45, 7) is 1.73. The number of carboxylic acids is 1. The first-order chi connectivity index (χ1) is 14.4. The molecule has 1 unspecified atom stereocenters. The molecule has 0 saturated heterocycles. The van der Waals surface area contributed by atoms with Crippen molar-refractivity contribution in [3.63, 3.8) is 0 Å². The zero-order valence-corrected chi connectivity index (χ0v) is 16.4. The SMILES string of the molecule is CCC(CC(=O)O)c1ccc([C@@H](OC)C(F)(F)F)c(Nc2cnc(C(F)(F)F)nc2)c1. The van der Waals surface area contributed by atoms with Gasteiger partial charge in [0.2, 0.25) is 5.82 Å². The quantitative estimate of drug-likeness (QED) is 0.519. The van der Waals surface area contributed by atoms with E-state index in [2.05, 4.69) is 20.0 Å². The maximum Gasteiger partial charge on any atom is 0.451 e. The number of alkyl halides is 6. The average Bonchev–Trinajstić information content (AvgIpc) is 2.66. The van der Waals surface area contributed by atoms with Gasteiger partial charge in [-0.05, 0) is 24.0 Å². The van der Waals surface area contributed by atoms with Crippen molar-refractivity contribution in [3.8, 4) is 0 Å². The van der Waals surface area contributed by atoms with E-state index in [1.807, 2.05) is 0 Å². The van der Waals surface area contributed by atoms with Gasteiger partial charge in [0.05, 0.1) is 24.5 Å². The van der Waals surface area contributed by atoms with E-state index in [-0.39, 0.29) is 23.4 Å². The number of nitrogens with one attached hydrogen (secondary N) is 1. The Morgan fingerprint density at radius 2 is 1.77 bits per heavy atom. The molecule has 2 N–H and O–H groups in total. The molecule has 0 amide bonds. The van der Waals surface area contributed by atoms with Crippen molar-refractivity contribution in [3.05, 3.63) is 47.5 Å². The minimum atomic E-state index is -4.77. The van der Waals surface area contributed by atoms with Crippen LogP contribution in [0.5, 0.6) is 0 Å². The summed E-state index contributed by atoms with van der Waals surface area (Å²) in [4.78, 5) is 17.4. The summed E-state index contributed by atoms with van der Waals surface area (Å²) in [5.41, 5.74) is -0.0894. The molecule has 0 aliphatic rings. The van der Waals surface area contributed by atoms with Crippen LogP contribution in [0.15, 0.2) is 30.6 Å². The molecule has 0 fully saturated rings. The molecule has 0 spiro atoms. The molecule has 2 atom stereocenters. The molecule has 2 rings (SSSR count). The molecule has 0 aliphatic heterocycles. The van der Waals surface area contributed by atoms with E-state index in [9.17, 15) is 31.1 Å². The fourth-order valence-electron chi connectivity index (χ4n) is 3.00. The topological polar surface area (TPSA) is 84.3 Å². The first-order valence-electron chi connectivity index (χ1n) is 8.98. The van der Waals surface area contributed by atoms with Gasteiger partial charge in [0.25, 0.3) is 0 Å². The average molecular weight is 451 g/mol. The van der Waals surface area contributed by atoms with E-state index < -0.39 is 36.2 Å². The normalized spacial score (nSPS) is 14.2. The van der Waals surface area contributed by atoms with E-state index in [0.29, 0.717) is 12.0 Å². The van der Waals surface area contributed by atoms with Gasteiger partial charge in [-0.2, -0.15) is 26.3 Å². The number of aliphatic carboxylic acids is 1. The number of ether oxygens (including phenoxy) is 1. The summed E-state index contributed by atoms with van der Waals surface area (Å²) in [6, 6.07) is 3.84. The molecule has 1 heterocycles. The first-order valence-corrected chi connectivity index (χ1v) is 8.98. The van der Waals surface area contributed by atoms with Crippen LogP contribution in [0.4, 0.5) is 37.7 Å². The fraction of sp³-hybridized carbons (Fsp3) is 0.421. The number of benzene rings is 1. The zero-order valence-electron chi connectivity index (χ0n) is 16.4. The summed E-state index contributed by atoms with van der Waals surface area (Å²) in [7, 11) is 0.871. The molecule has 31 heavy (non-hydrogen) atoms. The molecule has 0 aliphatic carbocycles. The van der Waals surface area contributed by atoms with Gasteiger partial charge in [-0.1, -0.05) is 19.1 Å². The minimum Gasteiger partial charge on any atom is -0.481 e. The summed E-state index contributed by atoms with van der Waals surface area (Å²) in [5.74, 6) is -2.96. The molecule has 1 aromatic heterocycles. The van der Waals surface area contributed by atoms with Crippen molar-refractivity contribution in [1.29, 1.82) is 0 Å². The number of hydrogen-bond acceptors (Lipinski definition) is 5. The van der Waals surface area contributed by atoms with Gasteiger partial charge in [0, 0.05) is 18.4 Å². The van der Waals surface area contributed by atoms with E-state index in [4.69, 9.17) is 5.11 Å². The Bertz CT molecular complexity index is 900. The van der Waals surface area contributed by atoms with Crippen LogP contribution in [0.2, 0.25) is 0 Å². The Kier molecular flexibility index (Phi) is 7.47. The second-order valence-electron chi connectivity index (χ2n) is 6.63. The monoisotopic (exact) mass is 451 g/mol. The van der Waals surface area contributed by atoms with Crippen LogP contribution in [0.1, 0.15) is 48.7 Å². The molecule has 170 valence electrons.